The van der Waals surface area contributed by atoms with Crippen molar-refractivity contribution < 1.29 is 4.79 Å². The second kappa shape index (κ2) is 6.94. The second-order valence-corrected chi connectivity index (χ2v) is 7.97. The van der Waals surface area contributed by atoms with Crippen LogP contribution in [0.4, 0.5) is 0 Å². The highest BCUT2D eigenvalue weighted by atomic mass is 16.2. The van der Waals surface area contributed by atoms with Gasteiger partial charge in [-0.25, -0.2) is 9.97 Å². The molecule has 2 aromatic heterocycles. The molecule has 1 N–H and O–H groups in total. The standard InChI is InChI=1S/C19H27N5O/c1-13-11-16(15-5-8-20-23-15)22-17(21-13)12-14-6-9-24(10-7-14)18(25)19(2,3)4/h5,8,11,14H,6-7,9-10,12H2,1-4H3,(H,20,23). The molecule has 6 nitrogen and oxygen atoms in total. The number of nitrogens with one attached hydrogen (secondary N) is 1. The Bertz CT molecular complexity index is 725. The van der Waals surface area contributed by atoms with Crippen LogP contribution >= 0.6 is 0 Å². The molecule has 6 heteroatoms. The van der Waals surface area contributed by atoms with E-state index in [9.17, 15) is 4.79 Å². The summed E-state index contributed by atoms with van der Waals surface area (Å²) in [4.78, 5) is 23.7. The summed E-state index contributed by atoms with van der Waals surface area (Å²) in [5.74, 6) is 1.66. The normalized spacial score (nSPS) is 16.2. The topological polar surface area (TPSA) is 74.8 Å². The van der Waals surface area contributed by atoms with E-state index in [0.29, 0.717) is 5.92 Å². The molecule has 1 saturated heterocycles. The Morgan fingerprint density at radius 3 is 2.60 bits per heavy atom. The van der Waals surface area contributed by atoms with E-state index < -0.39 is 0 Å². The van der Waals surface area contributed by atoms with Gasteiger partial charge in [0.15, 0.2) is 0 Å². The average molecular weight is 341 g/mol. The Labute approximate surface area is 149 Å². The van der Waals surface area contributed by atoms with Gasteiger partial charge in [0.2, 0.25) is 5.91 Å². The Hall–Kier alpha value is -2.24. The molecule has 0 aromatic carbocycles. The highest BCUT2D eigenvalue weighted by Crippen LogP contribution is 2.25. The minimum absolute atomic E-state index is 0.249. The van der Waals surface area contributed by atoms with E-state index in [4.69, 9.17) is 4.98 Å². The molecule has 134 valence electrons. The Morgan fingerprint density at radius 1 is 1.28 bits per heavy atom. The zero-order valence-electron chi connectivity index (χ0n) is 15.5. The smallest absolute Gasteiger partial charge is 0.227 e. The SMILES string of the molecule is Cc1cc(-c2ccn[nH]2)nc(CC2CCN(C(=O)C(C)(C)C)CC2)n1. The molecule has 0 saturated carbocycles. The van der Waals surface area contributed by atoms with Gasteiger partial charge in [0, 0.05) is 36.8 Å². The van der Waals surface area contributed by atoms with Crippen LogP contribution in [0.3, 0.4) is 0 Å². The Balaban J connectivity index is 1.64. The molecule has 3 heterocycles. The average Bonchev–Trinajstić information content (AvgIpc) is 3.08. The fourth-order valence-corrected chi connectivity index (χ4v) is 3.33. The largest absolute Gasteiger partial charge is 0.342 e. The number of carbonyl (C=O) groups is 1. The number of amides is 1. The van der Waals surface area contributed by atoms with Crippen molar-refractivity contribution in [3.8, 4) is 11.4 Å². The lowest BCUT2D eigenvalue weighted by atomic mass is 9.89. The lowest BCUT2D eigenvalue weighted by Gasteiger charge is -2.35. The lowest BCUT2D eigenvalue weighted by Crippen LogP contribution is -2.44. The van der Waals surface area contributed by atoms with Gasteiger partial charge in [0.1, 0.15) is 5.82 Å². The summed E-state index contributed by atoms with van der Waals surface area (Å²) in [6.45, 7) is 9.62. The van der Waals surface area contributed by atoms with E-state index in [2.05, 4.69) is 15.2 Å². The molecule has 0 atom stereocenters. The molecule has 0 radical (unpaired) electrons. The van der Waals surface area contributed by atoms with Gasteiger partial charge < -0.3 is 4.90 Å². The van der Waals surface area contributed by atoms with Crippen molar-refractivity contribution in [2.75, 3.05) is 13.1 Å². The van der Waals surface area contributed by atoms with Crippen molar-refractivity contribution in [3.63, 3.8) is 0 Å². The quantitative estimate of drug-likeness (QED) is 0.931. The van der Waals surface area contributed by atoms with E-state index in [0.717, 1.165) is 55.3 Å². The lowest BCUT2D eigenvalue weighted by molar-refractivity contribution is -0.140. The van der Waals surface area contributed by atoms with Gasteiger partial charge in [0.05, 0.1) is 11.4 Å². The van der Waals surface area contributed by atoms with Crippen LogP contribution < -0.4 is 0 Å². The first-order valence-electron chi connectivity index (χ1n) is 8.96. The number of nitrogens with zero attached hydrogens (tertiary/aromatic N) is 4. The van der Waals surface area contributed by atoms with Gasteiger partial charge >= 0.3 is 0 Å². The zero-order valence-corrected chi connectivity index (χ0v) is 15.5. The van der Waals surface area contributed by atoms with Gasteiger partial charge in [-0.2, -0.15) is 5.10 Å². The van der Waals surface area contributed by atoms with Gasteiger partial charge in [-0.15, -0.1) is 0 Å². The van der Waals surface area contributed by atoms with Crippen LogP contribution in [-0.4, -0.2) is 44.1 Å². The zero-order chi connectivity index (χ0) is 18.0. The molecule has 1 fully saturated rings. The van der Waals surface area contributed by atoms with E-state index >= 15 is 0 Å². The molecule has 1 aliphatic heterocycles. The first-order chi connectivity index (χ1) is 11.8. The predicted octanol–water partition coefficient (Wildman–Crippen LogP) is 3.00. The van der Waals surface area contributed by atoms with Crippen LogP contribution in [0.25, 0.3) is 11.4 Å². The summed E-state index contributed by atoms with van der Waals surface area (Å²) in [7, 11) is 0. The van der Waals surface area contributed by atoms with E-state index in [-0.39, 0.29) is 11.3 Å². The van der Waals surface area contributed by atoms with Crippen molar-refractivity contribution in [2.24, 2.45) is 11.3 Å². The molecule has 0 spiro atoms. The Morgan fingerprint density at radius 2 is 2.00 bits per heavy atom. The molecule has 0 bridgehead atoms. The fraction of sp³-hybridized carbons (Fsp3) is 0.579. The summed E-state index contributed by atoms with van der Waals surface area (Å²) in [6, 6.07) is 3.89. The number of likely N-dealkylation sites (tertiary alicyclic amines) is 1. The van der Waals surface area contributed by atoms with Crippen LogP contribution in [0.15, 0.2) is 18.3 Å². The maximum absolute atomic E-state index is 12.4. The van der Waals surface area contributed by atoms with Crippen molar-refractivity contribution in [2.45, 2.75) is 47.0 Å². The number of H-pyrrole nitrogens is 1. The van der Waals surface area contributed by atoms with Crippen LogP contribution in [-0.2, 0) is 11.2 Å². The third-order valence-electron chi connectivity index (χ3n) is 4.69. The molecule has 25 heavy (non-hydrogen) atoms. The number of hydrogen-bond acceptors (Lipinski definition) is 4. The van der Waals surface area contributed by atoms with Gasteiger partial charge in [-0.3, -0.25) is 9.89 Å². The van der Waals surface area contributed by atoms with E-state index in [1.165, 1.54) is 0 Å². The predicted molar refractivity (Wildman–Crippen MR) is 96.8 cm³/mol. The summed E-state index contributed by atoms with van der Waals surface area (Å²) in [5.41, 5.74) is 2.47. The Kier molecular flexibility index (Phi) is 4.88. The third kappa shape index (κ3) is 4.24. The number of rotatable bonds is 3. The minimum atomic E-state index is -0.300. The molecule has 0 unspecified atom stereocenters. The summed E-state index contributed by atoms with van der Waals surface area (Å²) < 4.78 is 0. The molecule has 3 rings (SSSR count). The van der Waals surface area contributed by atoms with Crippen LogP contribution in [0.2, 0.25) is 0 Å². The van der Waals surface area contributed by atoms with Crippen LogP contribution in [0.5, 0.6) is 0 Å². The first kappa shape index (κ1) is 17.6. The summed E-state index contributed by atoms with van der Waals surface area (Å²) >= 11 is 0. The van der Waals surface area contributed by atoms with Crippen molar-refractivity contribution >= 4 is 5.91 Å². The number of aromatic amines is 1. The van der Waals surface area contributed by atoms with E-state index in [1.807, 2.05) is 44.7 Å². The molecule has 2 aromatic rings. The first-order valence-corrected chi connectivity index (χ1v) is 8.96. The highest BCUT2D eigenvalue weighted by molar-refractivity contribution is 5.81. The number of aryl methyl sites for hydroxylation is 1. The summed E-state index contributed by atoms with van der Waals surface area (Å²) in [5, 5.41) is 6.95. The van der Waals surface area contributed by atoms with Gasteiger partial charge in [-0.1, -0.05) is 20.8 Å². The molecule has 0 aliphatic carbocycles. The maximum atomic E-state index is 12.4. The van der Waals surface area contributed by atoms with Crippen LogP contribution in [0, 0.1) is 18.3 Å². The van der Waals surface area contributed by atoms with Gasteiger partial charge in [-0.05, 0) is 37.8 Å². The minimum Gasteiger partial charge on any atom is -0.342 e. The number of piperidine rings is 1. The highest BCUT2D eigenvalue weighted by Gasteiger charge is 2.30. The maximum Gasteiger partial charge on any atom is 0.227 e. The fourth-order valence-electron chi connectivity index (χ4n) is 3.33. The van der Waals surface area contributed by atoms with E-state index in [1.54, 1.807) is 6.20 Å². The summed E-state index contributed by atoms with van der Waals surface area (Å²) in [6.07, 6.45) is 4.62. The third-order valence-corrected chi connectivity index (χ3v) is 4.69. The van der Waals surface area contributed by atoms with Crippen LogP contribution in [0.1, 0.15) is 45.1 Å². The molecule has 1 amide bonds. The number of carbonyl (C=O) groups excluding carboxylic acids is 1. The number of hydrogen-bond donors (Lipinski definition) is 1. The van der Waals surface area contributed by atoms with Crippen molar-refractivity contribution in [1.29, 1.82) is 0 Å². The molecular formula is C19H27N5O. The van der Waals surface area contributed by atoms with Crippen molar-refractivity contribution in [1.82, 2.24) is 25.1 Å². The molecular weight excluding hydrogens is 314 g/mol. The monoisotopic (exact) mass is 341 g/mol. The second-order valence-electron chi connectivity index (χ2n) is 7.97. The molecule has 1 aliphatic rings. The van der Waals surface area contributed by atoms with Gasteiger partial charge in [0.25, 0.3) is 0 Å². The number of aromatic nitrogens is 4. The van der Waals surface area contributed by atoms with Crippen molar-refractivity contribution in [3.05, 3.63) is 29.8 Å².